The Kier molecular flexibility index (Phi) is 7.34. The largest absolute Gasteiger partial charge is 0.464 e. The van der Waals surface area contributed by atoms with Gasteiger partial charge in [0.05, 0.1) is 7.11 Å². The van der Waals surface area contributed by atoms with Crippen molar-refractivity contribution in [3.8, 4) is 11.3 Å². The predicted molar refractivity (Wildman–Crippen MR) is 152 cm³/mol. The van der Waals surface area contributed by atoms with Crippen LogP contribution in [0.1, 0.15) is 28.0 Å². The normalized spacial score (nSPS) is 11.7. The molecule has 0 saturated carbocycles. The van der Waals surface area contributed by atoms with E-state index < -0.39 is 12.0 Å². The summed E-state index contributed by atoms with van der Waals surface area (Å²) in [6, 6.07) is 25.0. The van der Waals surface area contributed by atoms with Gasteiger partial charge in [-0.3, -0.25) is 0 Å². The Bertz CT molecular complexity index is 1550. The topological polar surface area (TPSA) is 92.2 Å². The fourth-order valence-electron chi connectivity index (χ4n) is 4.07. The number of oxazole rings is 1. The molecule has 7 nitrogen and oxygen atoms in total. The van der Waals surface area contributed by atoms with Crippen LogP contribution in [0.4, 0.5) is 5.69 Å². The number of ether oxygens (including phenoxy) is 1. The van der Waals surface area contributed by atoms with Gasteiger partial charge in [-0.15, -0.1) is 0 Å². The monoisotopic (exact) mass is 574 g/mol. The fraction of sp³-hybridized carbons (Fsp3) is 0.107. The van der Waals surface area contributed by atoms with Crippen molar-refractivity contribution in [2.75, 3.05) is 12.4 Å². The number of fused-ring (bicyclic) bond motifs is 1. The van der Waals surface area contributed by atoms with Crippen LogP contribution < -0.4 is 10.6 Å². The zero-order valence-electron chi connectivity index (χ0n) is 19.8. The summed E-state index contributed by atoms with van der Waals surface area (Å²) in [6.07, 6.45) is 2.33. The van der Waals surface area contributed by atoms with Crippen LogP contribution >= 0.6 is 28.1 Å². The first-order valence-electron chi connectivity index (χ1n) is 11.5. The number of aromatic amines is 1. The van der Waals surface area contributed by atoms with Crippen molar-refractivity contribution >= 4 is 55.8 Å². The maximum absolute atomic E-state index is 12.7. The Morgan fingerprint density at radius 2 is 1.81 bits per heavy atom. The van der Waals surface area contributed by atoms with Gasteiger partial charge in [0.2, 0.25) is 5.89 Å². The molecule has 0 saturated heterocycles. The van der Waals surface area contributed by atoms with Crippen molar-refractivity contribution in [3.05, 3.63) is 107 Å². The zero-order valence-corrected chi connectivity index (χ0v) is 22.2. The number of methoxy groups -OCH3 is 1. The minimum atomic E-state index is -0.579. The number of rotatable bonds is 7. The van der Waals surface area contributed by atoms with Crippen molar-refractivity contribution < 1.29 is 13.9 Å². The number of aromatic nitrogens is 2. The number of nitrogens with zero attached hydrogens (tertiary/aromatic N) is 1. The first-order chi connectivity index (χ1) is 18.0. The first-order valence-corrected chi connectivity index (χ1v) is 12.7. The maximum atomic E-state index is 12.7. The Labute approximate surface area is 227 Å². The van der Waals surface area contributed by atoms with Gasteiger partial charge in [-0.1, -0.05) is 64.5 Å². The van der Waals surface area contributed by atoms with E-state index in [2.05, 4.69) is 36.5 Å². The molecular weight excluding hydrogens is 552 g/mol. The molecule has 9 heteroatoms. The highest BCUT2D eigenvalue weighted by Gasteiger charge is 2.28. The van der Waals surface area contributed by atoms with E-state index >= 15 is 0 Å². The summed E-state index contributed by atoms with van der Waals surface area (Å²) in [5.74, 6) is 0.0831. The number of carbonyl (C=O) groups is 1. The summed E-state index contributed by atoms with van der Waals surface area (Å²) in [4.78, 5) is 20.6. The average molecular weight is 575 g/mol. The van der Waals surface area contributed by atoms with Gasteiger partial charge in [-0.2, -0.15) is 0 Å². The molecule has 3 N–H and O–H groups in total. The lowest BCUT2D eigenvalue weighted by atomic mass is 10.1. The van der Waals surface area contributed by atoms with Crippen LogP contribution in [0.15, 0.2) is 93.9 Å². The van der Waals surface area contributed by atoms with E-state index in [9.17, 15) is 4.79 Å². The molecule has 3 aromatic carbocycles. The summed E-state index contributed by atoms with van der Waals surface area (Å²) in [7, 11) is 1.33. The molecule has 0 unspecified atom stereocenters. The van der Waals surface area contributed by atoms with E-state index in [0.29, 0.717) is 23.2 Å². The van der Waals surface area contributed by atoms with E-state index in [1.807, 2.05) is 78.9 Å². The lowest BCUT2D eigenvalue weighted by molar-refractivity contribution is 0.0595. The van der Waals surface area contributed by atoms with Crippen LogP contribution in [0.5, 0.6) is 0 Å². The molecule has 0 radical (unpaired) electrons. The van der Waals surface area contributed by atoms with E-state index in [1.54, 1.807) is 6.20 Å². The number of nitrogens with one attached hydrogen (secondary N) is 3. The van der Waals surface area contributed by atoms with Crippen LogP contribution in [0.3, 0.4) is 0 Å². The molecule has 0 aliphatic heterocycles. The van der Waals surface area contributed by atoms with Crippen molar-refractivity contribution in [2.45, 2.75) is 12.5 Å². The number of halogens is 1. The molecule has 2 heterocycles. The number of esters is 1. The summed E-state index contributed by atoms with van der Waals surface area (Å²) < 4.78 is 12.3. The average Bonchev–Trinajstić information content (AvgIpc) is 3.54. The SMILES string of the molecule is COC(=O)c1nc([C@H](Cc2ccccc2)NC(=S)Nc2ccc(Br)cc2)oc1-c1c[nH]c2ccccc12. The molecule has 5 rings (SSSR count). The van der Waals surface area contributed by atoms with Gasteiger partial charge in [0.25, 0.3) is 0 Å². The maximum Gasteiger partial charge on any atom is 0.360 e. The van der Waals surface area contributed by atoms with Crippen molar-refractivity contribution in [1.82, 2.24) is 15.3 Å². The number of H-pyrrole nitrogens is 1. The molecule has 0 aliphatic carbocycles. The molecule has 0 amide bonds. The van der Waals surface area contributed by atoms with Crippen LogP contribution in [0.2, 0.25) is 0 Å². The molecule has 5 aromatic rings. The van der Waals surface area contributed by atoms with Crippen LogP contribution in [-0.2, 0) is 11.2 Å². The Morgan fingerprint density at radius 3 is 2.57 bits per heavy atom. The molecular formula is C28H23BrN4O3S. The number of hydrogen-bond donors (Lipinski definition) is 3. The molecule has 0 aliphatic rings. The third kappa shape index (κ3) is 5.58. The second-order valence-corrected chi connectivity index (χ2v) is 9.64. The zero-order chi connectivity index (χ0) is 25.8. The van der Waals surface area contributed by atoms with E-state index in [4.69, 9.17) is 21.4 Å². The number of anilines is 1. The first kappa shape index (κ1) is 24.7. The minimum Gasteiger partial charge on any atom is -0.464 e. The van der Waals surface area contributed by atoms with Crippen molar-refractivity contribution in [2.24, 2.45) is 0 Å². The van der Waals surface area contributed by atoms with Gasteiger partial charge in [-0.05, 0) is 48.1 Å². The lowest BCUT2D eigenvalue weighted by Gasteiger charge is -2.18. The number of benzene rings is 3. The van der Waals surface area contributed by atoms with Gasteiger partial charge in [-0.25, -0.2) is 9.78 Å². The second-order valence-electron chi connectivity index (χ2n) is 8.32. The van der Waals surface area contributed by atoms with Gasteiger partial charge >= 0.3 is 5.97 Å². The summed E-state index contributed by atoms with van der Waals surface area (Å²) in [5, 5.41) is 7.82. The molecule has 0 bridgehead atoms. The quantitative estimate of drug-likeness (QED) is 0.148. The molecule has 0 spiro atoms. The number of hydrogen-bond acceptors (Lipinski definition) is 5. The Balaban J connectivity index is 1.52. The smallest absolute Gasteiger partial charge is 0.360 e. The molecule has 37 heavy (non-hydrogen) atoms. The van der Waals surface area contributed by atoms with Gasteiger partial charge in [0, 0.05) is 39.2 Å². The Hall–Kier alpha value is -3.95. The fourth-order valence-corrected chi connectivity index (χ4v) is 4.60. The number of carbonyl (C=O) groups excluding carboxylic acids is 1. The highest BCUT2D eigenvalue weighted by molar-refractivity contribution is 9.10. The third-order valence-corrected chi connectivity index (χ3v) is 6.59. The summed E-state index contributed by atoms with van der Waals surface area (Å²) >= 11 is 9.06. The minimum absolute atomic E-state index is 0.105. The third-order valence-electron chi connectivity index (χ3n) is 5.84. The lowest BCUT2D eigenvalue weighted by Crippen LogP contribution is -2.33. The predicted octanol–water partition coefficient (Wildman–Crippen LogP) is 6.64. The number of thiocarbonyl (C=S) groups is 1. The highest BCUT2D eigenvalue weighted by atomic mass is 79.9. The van der Waals surface area contributed by atoms with Gasteiger partial charge < -0.3 is 24.8 Å². The van der Waals surface area contributed by atoms with E-state index in [1.165, 1.54) is 7.11 Å². The second kappa shape index (κ2) is 11.0. The summed E-state index contributed by atoms with van der Waals surface area (Å²) in [5.41, 5.74) is 3.64. The van der Waals surface area contributed by atoms with E-state index in [0.717, 1.165) is 32.2 Å². The van der Waals surface area contributed by atoms with Crippen molar-refractivity contribution in [3.63, 3.8) is 0 Å². The highest BCUT2D eigenvalue weighted by Crippen LogP contribution is 2.34. The Morgan fingerprint density at radius 1 is 1.08 bits per heavy atom. The molecule has 1 atom stereocenters. The van der Waals surface area contributed by atoms with E-state index in [-0.39, 0.29) is 5.69 Å². The number of para-hydroxylation sites is 1. The van der Waals surface area contributed by atoms with Crippen LogP contribution in [-0.4, -0.2) is 28.2 Å². The standard InChI is InChI=1S/C28H23BrN4O3S/c1-35-27(34)24-25(21-16-30-22-10-6-5-9-20(21)22)36-26(33-24)23(15-17-7-3-2-4-8-17)32-28(37)31-19-13-11-18(29)12-14-19/h2-14,16,23,30H,15H2,1H3,(H2,31,32,37)/t23-/m0/s1. The van der Waals surface area contributed by atoms with Gasteiger partial charge in [0.15, 0.2) is 16.6 Å². The molecule has 0 fully saturated rings. The van der Waals surface area contributed by atoms with Crippen molar-refractivity contribution in [1.29, 1.82) is 0 Å². The molecule has 186 valence electrons. The van der Waals surface area contributed by atoms with Crippen LogP contribution in [0.25, 0.3) is 22.2 Å². The summed E-state index contributed by atoms with van der Waals surface area (Å²) in [6.45, 7) is 0. The van der Waals surface area contributed by atoms with Crippen LogP contribution in [0, 0.1) is 0 Å². The molecule has 2 aromatic heterocycles. The van der Waals surface area contributed by atoms with Gasteiger partial charge in [0.1, 0.15) is 6.04 Å².